The number of carbonyl (C=O) groups excluding carboxylic acids is 2. The van der Waals surface area contributed by atoms with Crippen LogP contribution in [0.2, 0.25) is 0 Å². The third kappa shape index (κ3) is 7.73. The van der Waals surface area contributed by atoms with Gasteiger partial charge in [-0.25, -0.2) is 0 Å². The van der Waals surface area contributed by atoms with Crippen molar-refractivity contribution in [2.24, 2.45) is 11.8 Å². The van der Waals surface area contributed by atoms with Crippen molar-refractivity contribution in [3.05, 3.63) is 29.3 Å². The van der Waals surface area contributed by atoms with Crippen molar-refractivity contribution in [1.29, 1.82) is 0 Å². The molecule has 6 nitrogen and oxygen atoms in total. The van der Waals surface area contributed by atoms with E-state index in [0.29, 0.717) is 24.9 Å². The Morgan fingerprint density at radius 2 is 1.37 bits per heavy atom. The molecule has 1 fully saturated rings. The maximum atomic E-state index is 12.8. The second-order valence-corrected chi connectivity index (χ2v) is 9.75. The van der Waals surface area contributed by atoms with Crippen LogP contribution in [0.5, 0.6) is 0 Å². The molecule has 6 heteroatoms. The average Bonchev–Trinajstić information content (AvgIpc) is 2.65. The number of hydrogen-bond donors (Lipinski definition) is 3. The molecule has 0 radical (unpaired) electrons. The van der Waals surface area contributed by atoms with Gasteiger partial charge < -0.3 is 20.0 Å². The molecule has 0 aromatic heterocycles. The average molecular weight is 419 g/mol. The quantitative estimate of drug-likeness (QED) is 0.535. The molecule has 0 spiro atoms. The topological polar surface area (TPSA) is 58.3 Å². The third-order valence-corrected chi connectivity index (χ3v) is 5.75. The van der Waals surface area contributed by atoms with Crippen molar-refractivity contribution in [2.75, 3.05) is 57.7 Å². The van der Waals surface area contributed by atoms with Gasteiger partial charge in [0.1, 0.15) is 26.2 Å². The number of hydrogen-bond acceptors (Lipinski definition) is 2. The molecular weight excluding hydrogens is 376 g/mol. The lowest BCUT2D eigenvalue weighted by Gasteiger charge is -2.31. The monoisotopic (exact) mass is 418 g/mol. The zero-order chi connectivity index (χ0) is 22.3. The molecule has 1 aromatic carbocycles. The van der Waals surface area contributed by atoms with Crippen molar-refractivity contribution in [3.8, 4) is 0 Å². The number of nitrogens with one attached hydrogen (secondary N) is 3. The lowest BCUT2D eigenvalue weighted by molar-refractivity contribution is -1.00. The zero-order valence-electron chi connectivity index (χ0n) is 19.8. The first-order valence-electron chi connectivity index (χ1n) is 11.5. The molecule has 1 aliphatic heterocycles. The van der Waals surface area contributed by atoms with Crippen LogP contribution in [-0.2, 0) is 9.59 Å². The Morgan fingerprint density at radius 1 is 0.900 bits per heavy atom. The fourth-order valence-corrected chi connectivity index (χ4v) is 4.22. The van der Waals surface area contributed by atoms with Crippen molar-refractivity contribution < 1.29 is 19.4 Å². The smallest absolute Gasteiger partial charge is 0.279 e. The first kappa shape index (κ1) is 24.4. The van der Waals surface area contributed by atoms with Crippen LogP contribution < -0.4 is 15.1 Å². The van der Waals surface area contributed by atoms with E-state index in [0.717, 1.165) is 56.1 Å². The van der Waals surface area contributed by atoms with Crippen LogP contribution in [0.3, 0.4) is 0 Å². The van der Waals surface area contributed by atoms with Crippen molar-refractivity contribution in [2.45, 2.75) is 41.5 Å². The van der Waals surface area contributed by atoms with Crippen LogP contribution in [0.25, 0.3) is 0 Å². The summed E-state index contributed by atoms with van der Waals surface area (Å²) >= 11 is 0. The number of anilines is 1. The van der Waals surface area contributed by atoms with Gasteiger partial charge in [0, 0.05) is 18.8 Å². The number of benzene rings is 1. The number of carbonyl (C=O) groups is 2. The molecule has 2 amide bonds. The van der Waals surface area contributed by atoms with Gasteiger partial charge in [-0.3, -0.25) is 9.59 Å². The molecule has 30 heavy (non-hydrogen) atoms. The maximum Gasteiger partial charge on any atom is 0.279 e. The van der Waals surface area contributed by atoms with E-state index in [4.69, 9.17) is 0 Å². The molecular formula is C24H42N4O2+2. The number of nitrogens with zero attached hydrogens (tertiary/aromatic N) is 1. The number of amides is 2. The van der Waals surface area contributed by atoms with E-state index < -0.39 is 0 Å². The number of piperazine rings is 1. The SMILES string of the molecule is Cc1cccc(C)c1NC(=O)C[NH+]1CC[NH+](CC(=O)N(CC(C)C)CC(C)C)CC1. The largest absolute Gasteiger partial charge is 0.337 e. The van der Waals surface area contributed by atoms with Crippen LogP contribution in [0.4, 0.5) is 5.69 Å². The summed E-state index contributed by atoms with van der Waals surface area (Å²) in [6, 6.07) is 6.06. The summed E-state index contributed by atoms with van der Waals surface area (Å²) in [7, 11) is 0. The Labute approximate surface area is 182 Å². The summed E-state index contributed by atoms with van der Waals surface area (Å²) in [6.45, 7) is 19.2. The second kappa shape index (κ2) is 11.5. The van der Waals surface area contributed by atoms with Crippen LogP contribution in [0, 0.1) is 25.7 Å². The fourth-order valence-electron chi connectivity index (χ4n) is 4.22. The molecule has 1 heterocycles. The number of rotatable bonds is 9. The van der Waals surface area contributed by atoms with E-state index in [1.807, 2.05) is 36.9 Å². The van der Waals surface area contributed by atoms with E-state index >= 15 is 0 Å². The first-order valence-corrected chi connectivity index (χ1v) is 11.5. The summed E-state index contributed by atoms with van der Waals surface area (Å²) in [5, 5.41) is 3.09. The molecule has 0 bridgehead atoms. The van der Waals surface area contributed by atoms with Gasteiger partial charge in [0.2, 0.25) is 0 Å². The highest BCUT2D eigenvalue weighted by atomic mass is 16.2. The van der Waals surface area contributed by atoms with Gasteiger partial charge in [0.05, 0.1) is 0 Å². The highest BCUT2D eigenvalue weighted by molar-refractivity contribution is 5.93. The highest BCUT2D eigenvalue weighted by Crippen LogP contribution is 2.18. The number of aryl methyl sites for hydroxylation is 2. The van der Waals surface area contributed by atoms with E-state index in [1.54, 1.807) is 0 Å². The van der Waals surface area contributed by atoms with Crippen LogP contribution >= 0.6 is 0 Å². The molecule has 168 valence electrons. The molecule has 2 rings (SSSR count). The highest BCUT2D eigenvalue weighted by Gasteiger charge is 2.28. The van der Waals surface area contributed by atoms with Crippen LogP contribution in [0.1, 0.15) is 38.8 Å². The van der Waals surface area contributed by atoms with Crippen molar-refractivity contribution >= 4 is 17.5 Å². The van der Waals surface area contributed by atoms with Gasteiger partial charge in [-0.2, -0.15) is 0 Å². The van der Waals surface area contributed by atoms with Gasteiger partial charge in [-0.05, 0) is 36.8 Å². The lowest BCUT2D eigenvalue weighted by Crippen LogP contribution is -3.28. The minimum Gasteiger partial charge on any atom is -0.337 e. The Balaban J connectivity index is 1.80. The first-order chi connectivity index (χ1) is 14.2. The van der Waals surface area contributed by atoms with Crippen LogP contribution in [0.15, 0.2) is 18.2 Å². The Bertz CT molecular complexity index is 679. The summed E-state index contributed by atoms with van der Waals surface area (Å²) in [5.74, 6) is 1.31. The lowest BCUT2D eigenvalue weighted by atomic mass is 10.1. The normalized spacial score (nSPS) is 19.2. The molecule has 1 aromatic rings. The van der Waals surface area contributed by atoms with Crippen molar-refractivity contribution in [3.63, 3.8) is 0 Å². The Kier molecular flexibility index (Phi) is 9.31. The van der Waals surface area contributed by atoms with Crippen LogP contribution in [-0.4, -0.2) is 69.1 Å². The van der Waals surface area contributed by atoms with E-state index in [9.17, 15) is 9.59 Å². The van der Waals surface area contributed by atoms with Gasteiger partial charge in [-0.15, -0.1) is 0 Å². The predicted molar refractivity (Wildman–Crippen MR) is 122 cm³/mol. The summed E-state index contributed by atoms with van der Waals surface area (Å²) in [6.07, 6.45) is 0. The van der Waals surface area contributed by atoms with Gasteiger partial charge in [-0.1, -0.05) is 45.9 Å². The van der Waals surface area contributed by atoms with Gasteiger partial charge >= 0.3 is 0 Å². The second-order valence-electron chi connectivity index (χ2n) is 9.75. The molecule has 3 N–H and O–H groups in total. The summed E-state index contributed by atoms with van der Waals surface area (Å²) in [4.78, 5) is 30.1. The molecule has 0 aliphatic carbocycles. The number of quaternary nitrogens is 2. The molecule has 0 atom stereocenters. The summed E-state index contributed by atoms with van der Waals surface area (Å²) < 4.78 is 0. The van der Waals surface area contributed by atoms with E-state index in [2.05, 4.69) is 33.0 Å². The fraction of sp³-hybridized carbons (Fsp3) is 0.667. The van der Waals surface area contributed by atoms with Gasteiger partial charge in [0.25, 0.3) is 11.8 Å². The third-order valence-electron chi connectivity index (χ3n) is 5.75. The standard InChI is InChI=1S/C24H40N4O2/c1-18(2)14-28(15-19(3)4)23(30)17-27-12-10-26(11-13-27)16-22(29)25-24-20(5)8-7-9-21(24)6/h7-9,18-19H,10-17H2,1-6H3,(H,25,29)/p+2. The summed E-state index contributed by atoms with van der Waals surface area (Å²) in [5.41, 5.74) is 3.13. The molecule has 1 aliphatic rings. The van der Waals surface area contributed by atoms with E-state index in [-0.39, 0.29) is 11.8 Å². The molecule has 0 unspecified atom stereocenters. The maximum absolute atomic E-state index is 12.8. The number of para-hydroxylation sites is 1. The molecule has 0 saturated carbocycles. The minimum absolute atomic E-state index is 0.0713. The van der Waals surface area contributed by atoms with Gasteiger partial charge in [0.15, 0.2) is 13.1 Å². The minimum atomic E-state index is 0.0713. The van der Waals surface area contributed by atoms with E-state index in [1.165, 1.54) is 9.80 Å². The zero-order valence-corrected chi connectivity index (χ0v) is 19.8. The predicted octanol–water partition coefficient (Wildman–Crippen LogP) is 0.166. The Morgan fingerprint density at radius 3 is 1.83 bits per heavy atom. The molecule has 1 saturated heterocycles. The Hall–Kier alpha value is -1.92. The van der Waals surface area contributed by atoms with Crippen molar-refractivity contribution in [1.82, 2.24) is 4.90 Å².